The zero-order valence-corrected chi connectivity index (χ0v) is 11.6. The first-order valence-electron chi connectivity index (χ1n) is 6.79. The van der Waals surface area contributed by atoms with E-state index < -0.39 is 0 Å². The Morgan fingerprint density at radius 2 is 2.25 bits per heavy atom. The fourth-order valence-corrected chi connectivity index (χ4v) is 2.65. The van der Waals surface area contributed by atoms with Crippen LogP contribution in [0.3, 0.4) is 0 Å². The normalized spacial score (nSPS) is 21.6. The van der Waals surface area contributed by atoms with Crippen molar-refractivity contribution in [3.8, 4) is 5.75 Å². The first-order chi connectivity index (χ1) is 9.56. The van der Waals surface area contributed by atoms with E-state index in [1.807, 2.05) is 0 Å². The molecule has 1 aliphatic heterocycles. The van der Waals surface area contributed by atoms with Crippen LogP contribution < -0.4 is 10.5 Å². The number of rotatable bonds is 2. The second-order valence-corrected chi connectivity index (χ2v) is 5.45. The highest BCUT2D eigenvalue weighted by Gasteiger charge is 2.29. The van der Waals surface area contributed by atoms with E-state index in [2.05, 4.69) is 23.4 Å². The van der Waals surface area contributed by atoms with Gasteiger partial charge in [-0.25, -0.2) is 9.37 Å². The van der Waals surface area contributed by atoms with Gasteiger partial charge in [0.1, 0.15) is 17.7 Å². The van der Waals surface area contributed by atoms with Gasteiger partial charge in [-0.05, 0) is 19.9 Å². The topological polar surface area (TPSA) is 53.1 Å². The molecule has 0 saturated heterocycles. The lowest BCUT2D eigenvalue weighted by Gasteiger charge is -2.31. The third-order valence-corrected chi connectivity index (χ3v) is 3.69. The molecule has 0 fully saturated rings. The van der Waals surface area contributed by atoms with Gasteiger partial charge in [0.15, 0.2) is 0 Å². The number of nitrogens with two attached hydrogens (primary N) is 1. The molecule has 0 bridgehead atoms. The molecule has 3 rings (SSSR count). The maximum atomic E-state index is 13.4. The average Bonchev–Trinajstić information content (AvgIpc) is 2.87. The maximum Gasteiger partial charge on any atom is 0.142 e. The molecular formula is C15H18FN3O. The number of ether oxygens (including phenoxy) is 1. The molecule has 0 saturated carbocycles. The monoisotopic (exact) mass is 275 g/mol. The van der Waals surface area contributed by atoms with Crippen LogP contribution in [0.5, 0.6) is 5.75 Å². The lowest BCUT2D eigenvalue weighted by molar-refractivity contribution is 0.151. The lowest BCUT2D eigenvalue weighted by Crippen LogP contribution is -2.26. The van der Waals surface area contributed by atoms with Crippen LogP contribution in [-0.2, 0) is 0 Å². The molecule has 1 aromatic carbocycles. The molecular weight excluding hydrogens is 257 g/mol. The molecule has 20 heavy (non-hydrogen) atoms. The van der Waals surface area contributed by atoms with Crippen LogP contribution in [0.1, 0.15) is 49.7 Å². The van der Waals surface area contributed by atoms with E-state index >= 15 is 0 Å². The molecule has 2 N–H and O–H groups in total. The number of hydrogen-bond acceptors (Lipinski definition) is 3. The summed E-state index contributed by atoms with van der Waals surface area (Å²) in [5.74, 6) is 0.222. The summed E-state index contributed by atoms with van der Waals surface area (Å²) < 4.78 is 21.4. The van der Waals surface area contributed by atoms with E-state index in [9.17, 15) is 4.39 Å². The third-order valence-electron chi connectivity index (χ3n) is 3.69. The SMILES string of the molecule is CC(C)n1cncc1C1CC(N)c2ccc(F)cc2O1. The van der Waals surface area contributed by atoms with E-state index in [0.717, 1.165) is 11.3 Å². The lowest BCUT2D eigenvalue weighted by atomic mass is 9.96. The summed E-state index contributed by atoms with van der Waals surface area (Å²) in [6.07, 6.45) is 4.05. The predicted molar refractivity (Wildman–Crippen MR) is 73.9 cm³/mol. The van der Waals surface area contributed by atoms with Crippen molar-refractivity contribution in [1.29, 1.82) is 0 Å². The number of halogens is 1. The maximum absolute atomic E-state index is 13.4. The van der Waals surface area contributed by atoms with Gasteiger partial charge in [0.25, 0.3) is 0 Å². The zero-order valence-electron chi connectivity index (χ0n) is 11.6. The Morgan fingerprint density at radius 3 is 3.00 bits per heavy atom. The summed E-state index contributed by atoms with van der Waals surface area (Å²) in [4.78, 5) is 4.19. The van der Waals surface area contributed by atoms with Crippen molar-refractivity contribution in [1.82, 2.24) is 9.55 Å². The van der Waals surface area contributed by atoms with Crippen LogP contribution in [0.15, 0.2) is 30.7 Å². The average molecular weight is 275 g/mol. The minimum Gasteiger partial charge on any atom is -0.484 e. The summed E-state index contributed by atoms with van der Waals surface area (Å²) in [7, 11) is 0. The standard InChI is InChI=1S/C15H18FN3O/c1-9(2)19-8-18-7-13(19)15-6-12(17)11-4-3-10(16)5-14(11)20-15/h3-5,7-9,12,15H,6,17H2,1-2H3. The molecule has 1 aromatic heterocycles. The predicted octanol–water partition coefficient (Wildman–Crippen LogP) is 3.13. The molecule has 0 aliphatic carbocycles. The van der Waals surface area contributed by atoms with E-state index in [0.29, 0.717) is 18.2 Å². The highest BCUT2D eigenvalue weighted by Crippen LogP contribution is 2.40. The Hall–Kier alpha value is -1.88. The van der Waals surface area contributed by atoms with E-state index in [1.54, 1.807) is 18.6 Å². The van der Waals surface area contributed by atoms with Crippen molar-refractivity contribution in [2.45, 2.75) is 38.5 Å². The fourth-order valence-electron chi connectivity index (χ4n) is 2.65. The van der Waals surface area contributed by atoms with Crippen LogP contribution in [0, 0.1) is 5.82 Å². The number of fused-ring (bicyclic) bond motifs is 1. The summed E-state index contributed by atoms with van der Waals surface area (Å²) in [6, 6.07) is 4.66. The minimum absolute atomic E-state index is 0.153. The number of hydrogen-bond donors (Lipinski definition) is 1. The molecule has 2 aromatic rings. The van der Waals surface area contributed by atoms with Gasteiger partial charge in [-0.15, -0.1) is 0 Å². The van der Waals surface area contributed by atoms with Crippen LogP contribution in [-0.4, -0.2) is 9.55 Å². The Balaban J connectivity index is 1.96. The van der Waals surface area contributed by atoms with Crippen molar-refractivity contribution in [3.63, 3.8) is 0 Å². The van der Waals surface area contributed by atoms with Crippen LogP contribution in [0.2, 0.25) is 0 Å². The second kappa shape index (κ2) is 4.90. The molecule has 1 aliphatic rings. The number of imidazole rings is 1. The second-order valence-electron chi connectivity index (χ2n) is 5.45. The molecule has 5 heteroatoms. The summed E-state index contributed by atoms with van der Waals surface area (Å²) in [6.45, 7) is 4.17. The molecule has 0 radical (unpaired) electrons. The third kappa shape index (κ3) is 2.18. The van der Waals surface area contributed by atoms with Gasteiger partial charge in [0.2, 0.25) is 0 Å². The van der Waals surface area contributed by atoms with Crippen molar-refractivity contribution in [2.75, 3.05) is 0 Å². The summed E-state index contributed by atoms with van der Waals surface area (Å²) in [5, 5.41) is 0. The first-order valence-corrected chi connectivity index (χ1v) is 6.79. The molecule has 106 valence electrons. The Labute approximate surface area is 117 Å². The zero-order chi connectivity index (χ0) is 14.3. The van der Waals surface area contributed by atoms with Gasteiger partial charge in [0.05, 0.1) is 18.2 Å². The fraction of sp³-hybridized carbons (Fsp3) is 0.400. The summed E-state index contributed by atoms with van der Waals surface area (Å²) in [5.41, 5.74) is 8.02. The smallest absolute Gasteiger partial charge is 0.142 e. The van der Waals surface area contributed by atoms with E-state index in [4.69, 9.17) is 10.5 Å². The number of nitrogens with zero attached hydrogens (tertiary/aromatic N) is 2. The van der Waals surface area contributed by atoms with Gasteiger partial charge < -0.3 is 15.0 Å². The van der Waals surface area contributed by atoms with Gasteiger partial charge in [-0.3, -0.25) is 0 Å². The van der Waals surface area contributed by atoms with E-state index in [1.165, 1.54) is 12.1 Å². The highest BCUT2D eigenvalue weighted by molar-refractivity contribution is 5.39. The number of aromatic nitrogens is 2. The van der Waals surface area contributed by atoms with Crippen LogP contribution in [0.4, 0.5) is 4.39 Å². The molecule has 2 atom stereocenters. The van der Waals surface area contributed by atoms with Gasteiger partial charge in [0, 0.05) is 30.1 Å². The van der Waals surface area contributed by atoms with Crippen LogP contribution >= 0.6 is 0 Å². The van der Waals surface area contributed by atoms with Crippen molar-refractivity contribution < 1.29 is 9.13 Å². The molecule has 4 nitrogen and oxygen atoms in total. The van der Waals surface area contributed by atoms with Crippen molar-refractivity contribution >= 4 is 0 Å². The van der Waals surface area contributed by atoms with Gasteiger partial charge in [-0.1, -0.05) is 6.07 Å². The molecule has 0 amide bonds. The first kappa shape index (κ1) is 13.1. The Kier molecular flexibility index (Phi) is 3.22. The van der Waals surface area contributed by atoms with E-state index in [-0.39, 0.29) is 18.0 Å². The van der Waals surface area contributed by atoms with Crippen LogP contribution in [0.25, 0.3) is 0 Å². The molecule has 0 spiro atoms. The van der Waals surface area contributed by atoms with Crippen molar-refractivity contribution in [2.24, 2.45) is 5.73 Å². The Morgan fingerprint density at radius 1 is 1.45 bits per heavy atom. The largest absolute Gasteiger partial charge is 0.484 e. The minimum atomic E-state index is -0.311. The van der Waals surface area contributed by atoms with Gasteiger partial charge in [-0.2, -0.15) is 0 Å². The molecule has 2 heterocycles. The Bertz CT molecular complexity index is 623. The molecule has 2 unspecified atom stereocenters. The van der Waals surface area contributed by atoms with Crippen molar-refractivity contribution in [3.05, 3.63) is 47.8 Å². The number of benzene rings is 1. The van der Waals surface area contributed by atoms with Gasteiger partial charge >= 0.3 is 0 Å². The summed E-state index contributed by atoms with van der Waals surface area (Å²) >= 11 is 0. The highest BCUT2D eigenvalue weighted by atomic mass is 19.1. The quantitative estimate of drug-likeness (QED) is 0.916.